The highest BCUT2D eigenvalue weighted by atomic mass is 16.3. The van der Waals surface area contributed by atoms with Crippen LogP contribution in [-0.2, 0) is 0 Å². The largest absolute Gasteiger partial charge is 0.507 e. The number of nitrogens with zero attached hydrogens (tertiary/aromatic N) is 2. The van der Waals surface area contributed by atoms with Crippen LogP contribution in [0.15, 0.2) is 39.9 Å². The van der Waals surface area contributed by atoms with Crippen LogP contribution in [-0.4, -0.2) is 15.0 Å². The smallest absolute Gasteiger partial charge is 0.335 e. The van der Waals surface area contributed by atoms with Crippen molar-refractivity contribution in [2.24, 2.45) is 0 Å². The lowest BCUT2D eigenvalue weighted by molar-refractivity contribution is -0.0635. The van der Waals surface area contributed by atoms with Crippen molar-refractivity contribution in [3.8, 4) is 11.5 Å². The molecule has 2 aromatic rings. The summed E-state index contributed by atoms with van der Waals surface area (Å²) in [4.78, 5) is 28.9. The van der Waals surface area contributed by atoms with Crippen LogP contribution in [0.1, 0.15) is 5.56 Å². The highest BCUT2D eigenvalue weighted by molar-refractivity contribution is 5.95. The lowest BCUT2D eigenvalue weighted by Gasteiger charge is -1.99. The van der Waals surface area contributed by atoms with E-state index in [1.54, 1.807) is 13.0 Å². The van der Waals surface area contributed by atoms with Crippen LogP contribution in [0.4, 0.5) is 0 Å². The fraction of sp³-hybridized carbons (Fsp3) is 0.0556. The van der Waals surface area contributed by atoms with Crippen LogP contribution in [0.5, 0.6) is 11.5 Å². The summed E-state index contributed by atoms with van der Waals surface area (Å²) in [6, 6.07) is 7.33. The highest BCUT2D eigenvalue weighted by Crippen LogP contribution is 2.27. The van der Waals surface area contributed by atoms with Crippen LogP contribution in [0, 0.1) is 17.4 Å². The predicted octanol–water partition coefficient (Wildman–Crippen LogP) is 1.16. The summed E-state index contributed by atoms with van der Waals surface area (Å²) in [5.41, 5.74) is 8.97. The molecule has 116 valence electrons. The number of aryl methyl sites for hydroxylation is 1. The van der Waals surface area contributed by atoms with Gasteiger partial charge in [-0.25, -0.2) is 0 Å². The highest BCUT2D eigenvalue weighted by Gasteiger charge is 2.22. The Labute approximate surface area is 133 Å². The SMILES string of the molecule is Cc1cc(O)c2c3c(=O)c4cccc(O)c4c(=O)c=3c(=[N+]=[N-])c2c1. The van der Waals surface area contributed by atoms with E-state index in [4.69, 9.17) is 0 Å². The van der Waals surface area contributed by atoms with Crippen molar-refractivity contribution in [2.75, 3.05) is 0 Å². The number of fused-ring (bicyclic) bond motifs is 3. The zero-order chi connectivity index (χ0) is 17.2. The molecule has 0 radical (unpaired) electrons. The summed E-state index contributed by atoms with van der Waals surface area (Å²) in [7, 11) is 0. The standard InChI is InChI=1S/C18H10N2O4/c1-7-5-9-12(11(22)6-7)14-15(16(9)20-19)18(24)13-8(17(14)23)3-2-4-10(13)21/h2-6,21-22H,1H3. The predicted molar refractivity (Wildman–Crippen MR) is 86.5 cm³/mol. The first-order chi connectivity index (χ1) is 11.5. The summed E-state index contributed by atoms with van der Waals surface area (Å²) in [5.74, 6) is -0.480. The molecule has 6 nitrogen and oxygen atoms in total. The van der Waals surface area contributed by atoms with E-state index in [2.05, 4.69) is 4.79 Å². The van der Waals surface area contributed by atoms with Gasteiger partial charge in [0.15, 0.2) is 5.43 Å². The topological polar surface area (TPSA) is 111 Å². The van der Waals surface area contributed by atoms with Gasteiger partial charge in [-0.2, -0.15) is 4.79 Å². The quantitative estimate of drug-likeness (QED) is 0.374. The van der Waals surface area contributed by atoms with E-state index in [1.807, 2.05) is 0 Å². The molecule has 0 fully saturated rings. The summed E-state index contributed by atoms with van der Waals surface area (Å²) < 4.78 is 0. The lowest BCUT2D eigenvalue weighted by Crippen LogP contribution is -2.19. The number of hydrogen-bond acceptors (Lipinski definition) is 4. The first kappa shape index (κ1) is 14.1. The van der Waals surface area contributed by atoms with Gasteiger partial charge in [-0.15, -0.1) is 0 Å². The Morgan fingerprint density at radius 2 is 1.67 bits per heavy atom. The second-order valence-corrected chi connectivity index (χ2v) is 5.76. The molecule has 0 atom stereocenters. The molecule has 0 amide bonds. The summed E-state index contributed by atoms with van der Waals surface area (Å²) in [5, 5.41) is 20.5. The third-order valence-corrected chi connectivity index (χ3v) is 4.32. The van der Waals surface area contributed by atoms with Crippen LogP contribution in [0.2, 0.25) is 0 Å². The van der Waals surface area contributed by atoms with E-state index in [0.29, 0.717) is 10.9 Å². The van der Waals surface area contributed by atoms with Gasteiger partial charge in [0.05, 0.1) is 16.0 Å². The number of phenolic OH excluding ortho intramolecular Hbond substituents is 2. The lowest BCUT2D eigenvalue weighted by atomic mass is 10.0. The van der Waals surface area contributed by atoms with Gasteiger partial charge in [-0.3, -0.25) is 9.59 Å². The summed E-state index contributed by atoms with van der Waals surface area (Å²) in [6.45, 7) is 1.73. The average molecular weight is 318 g/mol. The molecule has 2 aliphatic carbocycles. The first-order valence-electron chi connectivity index (χ1n) is 7.18. The molecule has 0 bridgehead atoms. The molecular formula is C18H10N2O4. The second-order valence-electron chi connectivity index (χ2n) is 5.76. The maximum absolute atomic E-state index is 12.9. The van der Waals surface area contributed by atoms with E-state index in [9.17, 15) is 25.3 Å². The van der Waals surface area contributed by atoms with Crippen LogP contribution < -0.4 is 16.2 Å². The second kappa shape index (κ2) is 4.50. The molecule has 24 heavy (non-hydrogen) atoms. The van der Waals surface area contributed by atoms with Gasteiger partial charge in [0.2, 0.25) is 5.43 Å². The summed E-state index contributed by atoms with van der Waals surface area (Å²) in [6.07, 6.45) is 0. The molecule has 4 rings (SSSR count). The van der Waals surface area contributed by atoms with Crippen molar-refractivity contribution in [2.45, 2.75) is 6.92 Å². The first-order valence-corrected chi connectivity index (χ1v) is 7.18. The van der Waals surface area contributed by atoms with E-state index in [0.717, 1.165) is 0 Å². The fourth-order valence-electron chi connectivity index (χ4n) is 3.37. The maximum atomic E-state index is 12.9. The minimum Gasteiger partial charge on any atom is -0.507 e. The van der Waals surface area contributed by atoms with E-state index >= 15 is 0 Å². The maximum Gasteiger partial charge on any atom is 0.335 e. The fourth-order valence-corrected chi connectivity index (χ4v) is 3.37. The minimum absolute atomic E-state index is 0.00148. The zero-order valence-corrected chi connectivity index (χ0v) is 12.5. The molecule has 2 aliphatic rings. The van der Waals surface area contributed by atoms with Gasteiger partial charge < -0.3 is 15.7 Å². The normalized spacial score (nSPS) is 11.4. The molecule has 0 saturated carbocycles. The Morgan fingerprint density at radius 1 is 0.917 bits per heavy atom. The van der Waals surface area contributed by atoms with E-state index < -0.39 is 10.9 Å². The number of benzene rings is 2. The molecular weight excluding hydrogens is 308 g/mol. The van der Waals surface area contributed by atoms with Crippen molar-refractivity contribution in [3.05, 3.63) is 77.7 Å². The summed E-state index contributed by atoms with van der Waals surface area (Å²) >= 11 is 0. The van der Waals surface area contributed by atoms with Gasteiger partial charge in [0.25, 0.3) is 0 Å². The Hall–Kier alpha value is -3.50. The Bertz CT molecular complexity index is 1420. The average Bonchev–Trinajstić information content (AvgIpc) is 2.87. The van der Waals surface area contributed by atoms with Crippen LogP contribution in [0.3, 0.4) is 0 Å². The molecule has 0 heterocycles. The zero-order valence-electron chi connectivity index (χ0n) is 12.5. The molecule has 0 unspecified atom stereocenters. The van der Waals surface area contributed by atoms with Gasteiger partial charge >= 0.3 is 5.36 Å². The Balaban J connectivity index is 2.63. The number of hydrogen-bond donors (Lipinski definition) is 2. The van der Waals surface area contributed by atoms with Crippen LogP contribution in [0.25, 0.3) is 27.1 Å². The van der Waals surface area contributed by atoms with Crippen LogP contribution >= 0.6 is 0 Å². The molecule has 0 spiro atoms. The Kier molecular flexibility index (Phi) is 2.65. The minimum atomic E-state index is -0.612. The van der Waals surface area contributed by atoms with Gasteiger partial charge in [0, 0.05) is 10.8 Å². The monoisotopic (exact) mass is 318 g/mol. The third-order valence-electron chi connectivity index (χ3n) is 4.32. The Morgan fingerprint density at radius 3 is 2.38 bits per heavy atom. The number of phenols is 2. The molecule has 6 heteroatoms. The van der Waals surface area contributed by atoms with Gasteiger partial charge in [-0.05, 0) is 30.7 Å². The molecule has 2 aromatic carbocycles. The van der Waals surface area contributed by atoms with Gasteiger partial charge in [-0.1, -0.05) is 12.1 Å². The molecule has 0 aromatic heterocycles. The molecule has 0 aliphatic heterocycles. The van der Waals surface area contributed by atoms with Crippen molar-refractivity contribution >= 4 is 21.5 Å². The van der Waals surface area contributed by atoms with Crippen molar-refractivity contribution in [1.29, 1.82) is 0 Å². The van der Waals surface area contributed by atoms with Crippen molar-refractivity contribution in [1.82, 2.24) is 0 Å². The number of aromatic hydroxyl groups is 2. The third kappa shape index (κ3) is 1.55. The molecule has 2 N–H and O–H groups in total. The number of rotatable bonds is 0. The van der Waals surface area contributed by atoms with Crippen molar-refractivity contribution in [3.63, 3.8) is 0 Å². The van der Waals surface area contributed by atoms with Crippen molar-refractivity contribution < 1.29 is 15.0 Å². The van der Waals surface area contributed by atoms with E-state index in [-0.39, 0.29) is 43.5 Å². The molecule has 0 saturated heterocycles. The van der Waals surface area contributed by atoms with Gasteiger partial charge in [0.1, 0.15) is 16.7 Å². The van der Waals surface area contributed by atoms with E-state index in [1.165, 1.54) is 24.3 Å².